The van der Waals surface area contributed by atoms with Gasteiger partial charge in [-0.25, -0.2) is 8.42 Å². The molecule has 1 unspecified atom stereocenters. The van der Waals surface area contributed by atoms with E-state index in [1.54, 1.807) is 0 Å². The average Bonchev–Trinajstić information content (AvgIpc) is 2.68. The Morgan fingerprint density at radius 1 is 1.47 bits per heavy atom. The molecule has 0 bridgehead atoms. The first kappa shape index (κ1) is 13.4. The second kappa shape index (κ2) is 4.93. The first-order valence-corrected chi connectivity index (χ1v) is 7.21. The lowest BCUT2D eigenvalue weighted by atomic mass is 10.1. The zero-order valence-electron chi connectivity index (χ0n) is 10.2. The largest absolute Gasteiger partial charge is 0.507 e. The van der Waals surface area contributed by atoms with Gasteiger partial charge >= 0.3 is 0 Å². The molecular weight excluding hydrogens is 270 g/mol. The predicted molar refractivity (Wildman–Crippen MR) is 68.8 cm³/mol. The number of amides is 1. The standard InChI is InChI=1S/C12H13NO5S/c1-18-9-2-3-10(11(14)6-9)12(15)13-8-4-5-19(16,17)7-8/h2-6,8,14H,7H2,1H3,(H,13,15). The number of carbonyl (C=O) groups is 1. The molecule has 1 aliphatic heterocycles. The fraction of sp³-hybridized carbons (Fsp3) is 0.250. The number of carbonyl (C=O) groups excluding carboxylic acids is 1. The van der Waals surface area contributed by atoms with Gasteiger partial charge in [-0.15, -0.1) is 0 Å². The van der Waals surface area contributed by atoms with Gasteiger partial charge in [0.25, 0.3) is 5.91 Å². The zero-order chi connectivity index (χ0) is 14.0. The topological polar surface area (TPSA) is 92.7 Å². The molecule has 1 heterocycles. The number of phenolic OH excluding ortho intramolecular Hbond substituents is 1. The summed E-state index contributed by atoms with van der Waals surface area (Å²) in [6, 6.07) is 3.70. The van der Waals surface area contributed by atoms with Gasteiger partial charge in [-0.3, -0.25) is 4.79 Å². The summed E-state index contributed by atoms with van der Waals surface area (Å²) in [6.45, 7) is 0. The highest BCUT2D eigenvalue weighted by Gasteiger charge is 2.24. The molecule has 2 rings (SSSR count). The van der Waals surface area contributed by atoms with Gasteiger partial charge in [-0.05, 0) is 18.2 Å². The Kier molecular flexibility index (Phi) is 3.48. The Morgan fingerprint density at radius 2 is 2.21 bits per heavy atom. The summed E-state index contributed by atoms with van der Waals surface area (Å²) in [4.78, 5) is 11.9. The third-order valence-corrected chi connectivity index (χ3v) is 4.09. The van der Waals surface area contributed by atoms with E-state index in [2.05, 4.69) is 5.32 Å². The van der Waals surface area contributed by atoms with Gasteiger partial charge < -0.3 is 15.2 Å². The molecule has 0 radical (unpaired) electrons. The summed E-state index contributed by atoms with van der Waals surface area (Å²) >= 11 is 0. The van der Waals surface area contributed by atoms with E-state index in [-0.39, 0.29) is 17.1 Å². The van der Waals surface area contributed by atoms with Crippen molar-refractivity contribution in [3.63, 3.8) is 0 Å². The summed E-state index contributed by atoms with van der Waals surface area (Å²) in [5, 5.41) is 13.3. The second-order valence-electron chi connectivity index (χ2n) is 4.12. The van der Waals surface area contributed by atoms with Crippen LogP contribution in [-0.4, -0.2) is 38.3 Å². The molecular formula is C12H13NO5S. The van der Waals surface area contributed by atoms with Crippen LogP contribution < -0.4 is 10.1 Å². The molecule has 1 aliphatic rings. The smallest absolute Gasteiger partial charge is 0.255 e. The Hall–Kier alpha value is -2.02. The van der Waals surface area contributed by atoms with E-state index in [0.717, 1.165) is 5.41 Å². The highest BCUT2D eigenvalue weighted by atomic mass is 32.2. The lowest BCUT2D eigenvalue weighted by Crippen LogP contribution is -2.35. The van der Waals surface area contributed by atoms with Crippen LogP contribution in [0.1, 0.15) is 10.4 Å². The highest BCUT2D eigenvalue weighted by molar-refractivity contribution is 7.94. The predicted octanol–water partition coefficient (Wildman–Crippen LogP) is 0.441. The van der Waals surface area contributed by atoms with Gasteiger partial charge in [0.1, 0.15) is 11.5 Å². The molecule has 1 amide bonds. The number of rotatable bonds is 3. The van der Waals surface area contributed by atoms with Crippen molar-refractivity contribution in [2.75, 3.05) is 12.9 Å². The summed E-state index contributed by atoms with van der Waals surface area (Å²) in [7, 11) is -1.77. The van der Waals surface area contributed by atoms with Gasteiger partial charge in [-0.2, -0.15) is 0 Å². The minimum atomic E-state index is -3.22. The van der Waals surface area contributed by atoms with Crippen molar-refractivity contribution < 1.29 is 23.1 Å². The van der Waals surface area contributed by atoms with Crippen LogP contribution in [0.2, 0.25) is 0 Å². The number of hydrogen-bond donors (Lipinski definition) is 2. The zero-order valence-corrected chi connectivity index (χ0v) is 11.0. The molecule has 0 saturated heterocycles. The normalized spacial score (nSPS) is 20.2. The maximum absolute atomic E-state index is 11.9. The van der Waals surface area contributed by atoms with Crippen LogP contribution in [0.3, 0.4) is 0 Å². The Labute approximate surface area is 110 Å². The molecule has 0 spiro atoms. The lowest BCUT2D eigenvalue weighted by Gasteiger charge is -2.11. The quantitative estimate of drug-likeness (QED) is 0.839. The van der Waals surface area contributed by atoms with E-state index in [4.69, 9.17) is 4.74 Å². The Morgan fingerprint density at radius 3 is 2.74 bits per heavy atom. The number of nitrogens with one attached hydrogen (secondary N) is 1. The Balaban J connectivity index is 2.11. The third-order valence-electron chi connectivity index (χ3n) is 2.70. The first-order chi connectivity index (χ1) is 8.91. The molecule has 0 aromatic heterocycles. The molecule has 1 aromatic rings. The number of ether oxygens (including phenoxy) is 1. The number of hydrogen-bond acceptors (Lipinski definition) is 5. The number of phenols is 1. The van der Waals surface area contributed by atoms with Crippen LogP contribution in [0.25, 0.3) is 0 Å². The van der Waals surface area contributed by atoms with E-state index < -0.39 is 21.8 Å². The number of benzene rings is 1. The van der Waals surface area contributed by atoms with Crippen molar-refractivity contribution in [2.24, 2.45) is 0 Å². The molecule has 6 nitrogen and oxygen atoms in total. The monoisotopic (exact) mass is 283 g/mol. The van der Waals surface area contributed by atoms with Crippen molar-refractivity contribution in [3.05, 3.63) is 35.2 Å². The van der Waals surface area contributed by atoms with Gasteiger partial charge in [0.15, 0.2) is 9.84 Å². The summed E-state index contributed by atoms with van der Waals surface area (Å²) in [5.41, 5.74) is 0.0681. The lowest BCUT2D eigenvalue weighted by molar-refractivity contribution is 0.0945. The Bertz CT molecular complexity index is 636. The second-order valence-corrected chi connectivity index (χ2v) is 6.05. The van der Waals surface area contributed by atoms with Gasteiger partial charge in [0.2, 0.25) is 0 Å². The van der Waals surface area contributed by atoms with Crippen molar-refractivity contribution in [1.29, 1.82) is 0 Å². The van der Waals surface area contributed by atoms with E-state index in [1.807, 2.05) is 0 Å². The number of methoxy groups -OCH3 is 1. The summed E-state index contributed by atoms with van der Waals surface area (Å²) in [6.07, 6.45) is 1.41. The number of sulfone groups is 1. The van der Waals surface area contributed by atoms with Gasteiger partial charge in [-0.1, -0.05) is 0 Å². The van der Waals surface area contributed by atoms with Crippen LogP contribution >= 0.6 is 0 Å². The van der Waals surface area contributed by atoms with E-state index in [9.17, 15) is 18.3 Å². The molecule has 7 heteroatoms. The molecule has 0 saturated carbocycles. The van der Waals surface area contributed by atoms with E-state index >= 15 is 0 Å². The molecule has 1 atom stereocenters. The molecule has 1 aromatic carbocycles. The molecule has 0 aliphatic carbocycles. The summed E-state index contributed by atoms with van der Waals surface area (Å²) in [5.74, 6) is -0.485. The maximum Gasteiger partial charge on any atom is 0.255 e. The minimum absolute atomic E-state index is 0.0681. The maximum atomic E-state index is 11.9. The minimum Gasteiger partial charge on any atom is -0.507 e. The van der Waals surface area contributed by atoms with E-state index in [1.165, 1.54) is 31.4 Å². The van der Waals surface area contributed by atoms with Crippen molar-refractivity contribution in [1.82, 2.24) is 5.32 Å². The van der Waals surface area contributed by atoms with Gasteiger partial charge in [0, 0.05) is 11.5 Å². The molecule has 19 heavy (non-hydrogen) atoms. The van der Waals surface area contributed by atoms with Crippen LogP contribution in [-0.2, 0) is 9.84 Å². The SMILES string of the molecule is COc1ccc(C(=O)NC2C=CS(=O)(=O)C2)c(O)c1. The van der Waals surface area contributed by atoms with Crippen molar-refractivity contribution >= 4 is 15.7 Å². The molecule has 2 N–H and O–H groups in total. The van der Waals surface area contributed by atoms with Crippen LogP contribution in [0.5, 0.6) is 11.5 Å². The van der Waals surface area contributed by atoms with Crippen LogP contribution in [0.4, 0.5) is 0 Å². The molecule has 0 fully saturated rings. The fourth-order valence-corrected chi connectivity index (χ4v) is 2.98. The van der Waals surface area contributed by atoms with Crippen LogP contribution in [0.15, 0.2) is 29.7 Å². The molecule has 102 valence electrons. The van der Waals surface area contributed by atoms with Gasteiger partial charge in [0.05, 0.1) is 24.5 Å². The van der Waals surface area contributed by atoms with Crippen LogP contribution in [0, 0.1) is 0 Å². The highest BCUT2D eigenvalue weighted by Crippen LogP contribution is 2.23. The van der Waals surface area contributed by atoms with Crippen molar-refractivity contribution in [3.8, 4) is 11.5 Å². The fourth-order valence-electron chi connectivity index (χ4n) is 1.74. The average molecular weight is 283 g/mol. The number of aromatic hydroxyl groups is 1. The summed E-state index contributed by atoms with van der Waals surface area (Å²) < 4.78 is 27.3. The van der Waals surface area contributed by atoms with Crippen molar-refractivity contribution in [2.45, 2.75) is 6.04 Å². The van der Waals surface area contributed by atoms with E-state index in [0.29, 0.717) is 5.75 Å². The third kappa shape index (κ3) is 3.05. The first-order valence-electron chi connectivity index (χ1n) is 5.50.